The van der Waals surface area contributed by atoms with Gasteiger partial charge in [-0.2, -0.15) is 0 Å². The van der Waals surface area contributed by atoms with Gasteiger partial charge in [-0.1, -0.05) is 30.0 Å². The van der Waals surface area contributed by atoms with Crippen LogP contribution < -0.4 is 4.74 Å². The van der Waals surface area contributed by atoms with Crippen molar-refractivity contribution in [3.8, 4) is 17.1 Å². The second-order valence-corrected chi connectivity index (χ2v) is 7.80. The topological polar surface area (TPSA) is 83.7 Å². The molecular formula is C21H20N4O2S. The van der Waals surface area contributed by atoms with Crippen LogP contribution in [0.25, 0.3) is 22.3 Å². The maximum absolute atomic E-state index is 13.1. The molecule has 142 valence electrons. The first kappa shape index (κ1) is 18.3. The van der Waals surface area contributed by atoms with Crippen molar-refractivity contribution in [1.82, 2.24) is 20.2 Å². The van der Waals surface area contributed by atoms with E-state index in [4.69, 9.17) is 4.74 Å². The molecule has 0 aliphatic carbocycles. The molecule has 0 unspecified atom stereocenters. The predicted octanol–water partition coefficient (Wildman–Crippen LogP) is 4.63. The molecule has 0 saturated carbocycles. The summed E-state index contributed by atoms with van der Waals surface area (Å²) in [5.74, 6) is 1.51. The monoisotopic (exact) mass is 392 g/mol. The summed E-state index contributed by atoms with van der Waals surface area (Å²) in [5.41, 5.74) is 3.50. The lowest BCUT2D eigenvalue weighted by Gasteiger charge is -2.08. The van der Waals surface area contributed by atoms with Gasteiger partial charge in [-0.05, 0) is 44.2 Å². The van der Waals surface area contributed by atoms with Crippen LogP contribution in [0.15, 0.2) is 53.7 Å². The highest BCUT2D eigenvalue weighted by molar-refractivity contribution is 8.00. The molecule has 0 spiro atoms. The summed E-state index contributed by atoms with van der Waals surface area (Å²) < 4.78 is 5.17. The highest BCUT2D eigenvalue weighted by Crippen LogP contribution is 2.29. The summed E-state index contributed by atoms with van der Waals surface area (Å²) in [6, 6.07) is 15.4. The number of carbonyl (C=O) groups excluding carboxylic acids is 1. The van der Waals surface area contributed by atoms with Gasteiger partial charge in [-0.15, -0.1) is 5.10 Å². The number of hydrogen-bond acceptors (Lipinski definition) is 5. The van der Waals surface area contributed by atoms with E-state index in [9.17, 15) is 4.79 Å². The second kappa shape index (κ2) is 7.52. The molecule has 4 aromatic rings. The van der Waals surface area contributed by atoms with Crippen molar-refractivity contribution < 1.29 is 9.53 Å². The first-order valence-electron chi connectivity index (χ1n) is 8.92. The zero-order valence-electron chi connectivity index (χ0n) is 15.8. The van der Waals surface area contributed by atoms with Gasteiger partial charge in [-0.25, -0.2) is 4.98 Å². The molecule has 0 saturated heterocycles. The number of hydrogen-bond donors (Lipinski definition) is 2. The number of H-pyrrole nitrogens is 2. The van der Waals surface area contributed by atoms with Crippen molar-refractivity contribution in [2.45, 2.75) is 24.3 Å². The Labute approximate surface area is 166 Å². The molecule has 7 heteroatoms. The number of para-hydroxylation sites is 1. The minimum absolute atomic E-state index is 0.0655. The van der Waals surface area contributed by atoms with E-state index in [0.717, 1.165) is 33.5 Å². The molecule has 2 N–H and O–H groups in total. The van der Waals surface area contributed by atoms with Crippen molar-refractivity contribution >= 4 is 28.4 Å². The minimum atomic E-state index is -0.308. The Kier molecular flexibility index (Phi) is 4.92. The lowest BCUT2D eigenvalue weighted by molar-refractivity contribution is 0.0995. The molecule has 0 amide bonds. The number of rotatable bonds is 6. The third-order valence-electron chi connectivity index (χ3n) is 4.62. The largest absolute Gasteiger partial charge is 0.497 e. The van der Waals surface area contributed by atoms with Crippen LogP contribution in [0.2, 0.25) is 0 Å². The average molecular weight is 392 g/mol. The number of carbonyl (C=O) groups is 1. The van der Waals surface area contributed by atoms with Gasteiger partial charge in [0.15, 0.2) is 11.6 Å². The lowest BCUT2D eigenvalue weighted by atomic mass is 10.1. The third kappa shape index (κ3) is 3.41. The fourth-order valence-corrected chi connectivity index (χ4v) is 3.97. The average Bonchev–Trinajstić information content (AvgIpc) is 3.31. The number of nitrogens with zero attached hydrogens (tertiary/aromatic N) is 2. The standard InChI is InChI=1S/C21H20N4O2S/c1-12-18(16-6-4-5-7-17(16)22-12)19(26)13(2)28-21-23-20(24-25-21)14-8-10-15(27-3)11-9-14/h4-11,13,22H,1-3H3,(H,23,24,25)/t13-/m0/s1. The van der Waals surface area contributed by atoms with Gasteiger partial charge in [0, 0.05) is 27.7 Å². The second-order valence-electron chi connectivity index (χ2n) is 6.49. The molecule has 1 atom stereocenters. The lowest BCUT2D eigenvalue weighted by Crippen LogP contribution is -2.14. The van der Waals surface area contributed by atoms with Crippen molar-refractivity contribution in [2.24, 2.45) is 0 Å². The molecule has 0 aliphatic rings. The van der Waals surface area contributed by atoms with Crippen molar-refractivity contribution in [2.75, 3.05) is 7.11 Å². The molecule has 0 bridgehead atoms. The summed E-state index contributed by atoms with van der Waals surface area (Å²) in [4.78, 5) is 20.9. The maximum Gasteiger partial charge on any atom is 0.209 e. The quantitative estimate of drug-likeness (QED) is 0.369. The fraction of sp³-hybridized carbons (Fsp3) is 0.190. The molecule has 0 fully saturated rings. The third-order valence-corrected chi connectivity index (χ3v) is 5.58. The number of aromatic nitrogens is 4. The van der Waals surface area contributed by atoms with E-state index < -0.39 is 0 Å². The molecule has 0 aliphatic heterocycles. The molecule has 6 nitrogen and oxygen atoms in total. The Morgan fingerprint density at radius 1 is 1.14 bits per heavy atom. The number of methoxy groups -OCH3 is 1. The van der Waals surface area contributed by atoms with Gasteiger partial charge in [0.05, 0.1) is 12.4 Å². The molecule has 2 aromatic heterocycles. The smallest absolute Gasteiger partial charge is 0.209 e. The molecular weight excluding hydrogens is 372 g/mol. The summed E-state index contributed by atoms with van der Waals surface area (Å²) in [6.45, 7) is 3.82. The first-order valence-corrected chi connectivity index (χ1v) is 9.80. The molecule has 4 rings (SSSR count). The Hall–Kier alpha value is -3.06. The van der Waals surface area contributed by atoms with E-state index in [0.29, 0.717) is 11.0 Å². The number of Topliss-reactive ketones (excluding diaryl/α,β-unsaturated/α-hetero) is 1. The highest BCUT2D eigenvalue weighted by atomic mass is 32.2. The zero-order chi connectivity index (χ0) is 19.7. The zero-order valence-corrected chi connectivity index (χ0v) is 16.6. The molecule has 28 heavy (non-hydrogen) atoms. The Bertz CT molecular complexity index is 1130. The van der Waals surface area contributed by atoms with Gasteiger partial charge in [0.2, 0.25) is 5.16 Å². The van der Waals surface area contributed by atoms with Gasteiger partial charge >= 0.3 is 0 Å². The van der Waals surface area contributed by atoms with Gasteiger partial charge < -0.3 is 9.72 Å². The minimum Gasteiger partial charge on any atom is -0.497 e. The summed E-state index contributed by atoms with van der Waals surface area (Å²) in [5, 5.41) is 8.39. The van der Waals surface area contributed by atoms with Crippen LogP contribution >= 0.6 is 11.8 Å². The SMILES string of the molecule is COc1ccc(-c2nc(S[C@@H](C)C(=O)c3c(C)[nH]c4ccccc34)n[nH]2)cc1. The Balaban J connectivity index is 1.53. The van der Waals surface area contributed by atoms with Crippen LogP contribution in [-0.4, -0.2) is 38.3 Å². The van der Waals surface area contributed by atoms with Gasteiger partial charge in [0.1, 0.15) is 5.75 Å². The highest BCUT2D eigenvalue weighted by Gasteiger charge is 2.23. The first-order chi connectivity index (χ1) is 13.6. The van der Waals surface area contributed by atoms with Crippen molar-refractivity contribution in [1.29, 1.82) is 0 Å². The van der Waals surface area contributed by atoms with Crippen molar-refractivity contribution in [3.05, 3.63) is 59.8 Å². The van der Waals surface area contributed by atoms with Crippen LogP contribution in [0.5, 0.6) is 5.75 Å². The van der Waals surface area contributed by atoms with E-state index >= 15 is 0 Å². The van der Waals surface area contributed by atoms with E-state index in [1.54, 1.807) is 7.11 Å². The van der Waals surface area contributed by atoms with Crippen LogP contribution in [0.4, 0.5) is 0 Å². The normalized spacial score (nSPS) is 12.2. The van der Waals surface area contributed by atoms with Crippen LogP contribution in [0, 0.1) is 6.92 Å². The number of ether oxygens (including phenoxy) is 1. The van der Waals surface area contributed by atoms with Gasteiger partial charge in [-0.3, -0.25) is 9.89 Å². The number of fused-ring (bicyclic) bond motifs is 1. The Morgan fingerprint density at radius 2 is 1.89 bits per heavy atom. The van der Waals surface area contributed by atoms with Crippen LogP contribution in [0.3, 0.4) is 0 Å². The van der Waals surface area contributed by atoms with Crippen molar-refractivity contribution in [3.63, 3.8) is 0 Å². The van der Waals surface area contributed by atoms with E-state index in [-0.39, 0.29) is 11.0 Å². The number of aromatic amines is 2. The number of benzene rings is 2. The maximum atomic E-state index is 13.1. The van der Waals surface area contributed by atoms with E-state index in [1.165, 1.54) is 11.8 Å². The number of thioether (sulfide) groups is 1. The van der Waals surface area contributed by atoms with E-state index in [1.807, 2.05) is 62.4 Å². The van der Waals surface area contributed by atoms with Gasteiger partial charge in [0.25, 0.3) is 0 Å². The summed E-state index contributed by atoms with van der Waals surface area (Å²) in [6.07, 6.45) is 0. The van der Waals surface area contributed by atoms with E-state index in [2.05, 4.69) is 20.2 Å². The fourth-order valence-electron chi connectivity index (χ4n) is 3.19. The summed E-state index contributed by atoms with van der Waals surface area (Å²) >= 11 is 1.35. The summed E-state index contributed by atoms with van der Waals surface area (Å²) in [7, 11) is 1.63. The Morgan fingerprint density at radius 3 is 2.64 bits per heavy atom. The number of aryl methyl sites for hydroxylation is 1. The molecule has 0 radical (unpaired) electrons. The molecule has 2 aromatic carbocycles. The number of ketones is 1. The molecule has 2 heterocycles. The van der Waals surface area contributed by atoms with Crippen LogP contribution in [0.1, 0.15) is 23.0 Å². The predicted molar refractivity (Wildman–Crippen MR) is 111 cm³/mol. The van der Waals surface area contributed by atoms with Crippen LogP contribution in [-0.2, 0) is 0 Å². The number of nitrogens with one attached hydrogen (secondary N) is 2.